The van der Waals surface area contributed by atoms with E-state index in [-0.39, 0.29) is 30.4 Å². The lowest BCUT2D eigenvalue weighted by molar-refractivity contribution is 0.0954. The molecule has 5 rings (SSSR count). The molecular weight excluding hydrogens is 477 g/mol. The molecule has 9 heteroatoms. The molecule has 4 aromatic rings. The summed E-state index contributed by atoms with van der Waals surface area (Å²) < 4.78 is 15.9. The van der Waals surface area contributed by atoms with Gasteiger partial charge in [0, 0.05) is 25.2 Å². The van der Waals surface area contributed by atoms with Gasteiger partial charge in [-0.1, -0.05) is 36.4 Å². The molecule has 1 aliphatic rings. The molecule has 7 nitrogen and oxygen atoms in total. The maximum atomic E-state index is 13.9. The van der Waals surface area contributed by atoms with Crippen LogP contribution in [0.1, 0.15) is 45.6 Å². The second-order valence-electron chi connectivity index (χ2n) is 8.72. The first-order valence-corrected chi connectivity index (χ1v) is 12.7. The highest BCUT2D eigenvalue weighted by molar-refractivity contribution is 7.20. The van der Waals surface area contributed by atoms with E-state index < -0.39 is 0 Å². The number of anilines is 1. The van der Waals surface area contributed by atoms with Crippen LogP contribution >= 0.6 is 11.3 Å². The van der Waals surface area contributed by atoms with E-state index in [9.17, 15) is 19.2 Å². The number of carbonyl (C=O) groups excluding carboxylic acids is 1. The Balaban J connectivity index is 1.52. The zero-order valence-corrected chi connectivity index (χ0v) is 20.4. The number of rotatable bonds is 6. The van der Waals surface area contributed by atoms with Gasteiger partial charge in [0.25, 0.3) is 11.5 Å². The number of nitrogens with one attached hydrogen (secondary N) is 1. The van der Waals surface area contributed by atoms with E-state index >= 15 is 0 Å². The van der Waals surface area contributed by atoms with E-state index in [0.29, 0.717) is 32.2 Å². The summed E-state index contributed by atoms with van der Waals surface area (Å²) in [5.74, 6) is -0.222. The van der Waals surface area contributed by atoms with Gasteiger partial charge < -0.3 is 10.2 Å². The second-order valence-corrected chi connectivity index (χ2v) is 9.77. The minimum absolute atomic E-state index is 0.0430. The van der Waals surface area contributed by atoms with Crippen molar-refractivity contribution >= 4 is 33.4 Å². The number of carbonyl (C=O) groups is 1. The Morgan fingerprint density at radius 2 is 1.81 bits per heavy atom. The number of nitrogens with zero attached hydrogens (tertiary/aromatic N) is 4. The zero-order chi connectivity index (χ0) is 25.1. The molecule has 3 heterocycles. The lowest BCUT2D eigenvalue weighted by atomic mass is 10.1. The van der Waals surface area contributed by atoms with Gasteiger partial charge >= 0.3 is 0 Å². The molecular formula is C27H24FN5O2S. The summed E-state index contributed by atoms with van der Waals surface area (Å²) in [5.41, 5.74) is 1.85. The highest BCUT2D eigenvalue weighted by Crippen LogP contribution is 2.26. The van der Waals surface area contributed by atoms with E-state index in [4.69, 9.17) is 4.98 Å². The molecule has 36 heavy (non-hydrogen) atoms. The molecule has 1 N–H and O–H groups in total. The van der Waals surface area contributed by atoms with Crippen LogP contribution in [0.4, 0.5) is 10.3 Å². The summed E-state index contributed by atoms with van der Waals surface area (Å²) in [4.78, 5) is 33.8. The number of amides is 1. The average molecular weight is 502 g/mol. The van der Waals surface area contributed by atoms with Gasteiger partial charge in [0.2, 0.25) is 5.95 Å². The first-order valence-electron chi connectivity index (χ1n) is 11.8. The van der Waals surface area contributed by atoms with Gasteiger partial charge in [-0.15, -0.1) is 11.3 Å². The third-order valence-electron chi connectivity index (χ3n) is 6.34. The van der Waals surface area contributed by atoms with Gasteiger partial charge in [-0.3, -0.25) is 14.2 Å². The number of halogens is 1. The van der Waals surface area contributed by atoms with Crippen molar-refractivity contribution < 1.29 is 9.18 Å². The van der Waals surface area contributed by atoms with Crippen LogP contribution in [0, 0.1) is 17.1 Å². The van der Waals surface area contributed by atoms with E-state index in [0.717, 1.165) is 49.3 Å². The molecule has 1 fully saturated rings. The summed E-state index contributed by atoms with van der Waals surface area (Å²) in [5, 5.41) is 12.3. The Labute approximate surface area is 211 Å². The summed E-state index contributed by atoms with van der Waals surface area (Å²) >= 11 is 1.08. The monoisotopic (exact) mass is 501 g/mol. The normalized spacial score (nSPS) is 13.5. The predicted molar refractivity (Wildman–Crippen MR) is 138 cm³/mol. The van der Waals surface area contributed by atoms with E-state index in [1.54, 1.807) is 41.0 Å². The van der Waals surface area contributed by atoms with Crippen molar-refractivity contribution in [2.45, 2.75) is 32.4 Å². The van der Waals surface area contributed by atoms with Gasteiger partial charge in [-0.2, -0.15) is 5.26 Å². The fourth-order valence-corrected chi connectivity index (χ4v) is 5.39. The minimum atomic E-state index is -0.387. The summed E-state index contributed by atoms with van der Waals surface area (Å²) in [6.45, 7) is 1.83. The standard InChI is InChI=1S/C27H24FN5O2S/c28-21-11-5-4-9-19(21)16-30-25(34)23-14-22-24(36-23)26(35)33(17-20-10-3-2-8-18(20)15-29)27(31-22)32-12-6-1-7-13-32/h2-5,8-11,14H,1,6-7,12-13,16-17H2,(H,30,34). The van der Waals surface area contributed by atoms with E-state index in [1.807, 2.05) is 12.1 Å². The van der Waals surface area contributed by atoms with Gasteiger partial charge in [-0.05, 0) is 43.0 Å². The number of aromatic nitrogens is 2. The molecule has 0 unspecified atom stereocenters. The molecule has 0 atom stereocenters. The van der Waals surface area contributed by atoms with Crippen molar-refractivity contribution in [2.24, 2.45) is 0 Å². The maximum absolute atomic E-state index is 13.9. The van der Waals surface area contributed by atoms with Crippen molar-refractivity contribution in [3.63, 3.8) is 0 Å². The third kappa shape index (κ3) is 4.72. The largest absolute Gasteiger partial charge is 0.347 e. The van der Waals surface area contributed by atoms with E-state index in [2.05, 4.69) is 16.3 Å². The average Bonchev–Trinajstić information content (AvgIpc) is 3.35. The minimum Gasteiger partial charge on any atom is -0.347 e. The van der Waals surface area contributed by atoms with Gasteiger partial charge in [0.05, 0.1) is 28.6 Å². The van der Waals surface area contributed by atoms with Crippen LogP contribution in [0.15, 0.2) is 59.4 Å². The number of piperidine rings is 1. The van der Waals surface area contributed by atoms with Crippen LogP contribution in [-0.2, 0) is 13.1 Å². The van der Waals surface area contributed by atoms with Crippen LogP contribution < -0.4 is 15.8 Å². The maximum Gasteiger partial charge on any atom is 0.273 e. The first kappa shape index (κ1) is 23.7. The quantitative estimate of drug-likeness (QED) is 0.422. The molecule has 1 amide bonds. The highest BCUT2D eigenvalue weighted by Gasteiger charge is 2.22. The molecule has 0 radical (unpaired) electrons. The first-order chi connectivity index (χ1) is 17.5. The molecule has 2 aromatic carbocycles. The molecule has 1 saturated heterocycles. The number of nitriles is 1. The number of hydrogen-bond acceptors (Lipinski definition) is 6. The SMILES string of the molecule is N#Cc1ccccc1Cn1c(N2CCCCC2)nc2cc(C(=O)NCc3ccccc3F)sc2c1=O. The van der Waals surface area contributed by atoms with Gasteiger partial charge in [-0.25, -0.2) is 9.37 Å². The molecule has 0 saturated carbocycles. The smallest absolute Gasteiger partial charge is 0.273 e. The summed E-state index contributed by atoms with van der Waals surface area (Å²) in [6, 6.07) is 17.3. The Kier molecular flexibility index (Phi) is 6.78. The van der Waals surface area contributed by atoms with Crippen molar-refractivity contribution in [2.75, 3.05) is 18.0 Å². The Morgan fingerprint density at radius 3 is 2.56 bits per heavy atom. The van der Waals surface area contributed by atoms with Gasteiger partial charge in [0.15, 0.2) is 0 Å². The number of fused-ring (bicyclic) bond motifs is 1. The topological polar surface area (TPSA) is 91.0 Å². The van der Waals surface area contributed by atoms with Crippen LogP contribution in [0.25, 0.3) is 10.2 Å². The molecule has 1 aliphatic heterocycles. The van der Waals surface area contributed by atoms with Crippen LogP contribution in [0.2, 0.25) is 0 Å². The van der Waals surface area contributed by atoms with Crippen LogP contribution in [-0.4, -0.2) is 28.5 Å². The zero-order valence-electron chi connectivity index (χ0n) is 19.5. The van der Waals surface area contributed by atoms with Crippen molar-refractivity contribution in [3.05, 3.63) is 92.3 Å². The van der Waals surface area contributed by atoms with Crippen LogP contribution in [0.5, 0.6) is 0 Å². The Hall–Kier alpha value is -4.03. The Morgan fingerprint density at radius 1 is 1.08 bits per heavy atom. The molecule has 0 aliphatic carbocycles. The number of hydrogen-bond donors (Lipinski definition) is 1. The fraction of sp³-hybridized carbons (Fsp3) is 0.259. The van der Waals surface area contributed by atoms with Crippen molar-refractivity contribution in [3.8, 4) is 6.07 Å². The number of thiophene rings is 1. The van der Waals surface area contributed by atoms with Crippen LogP contribution in [0.3, 0.4) is 0 Å². The number of benzene rings is 2. The van der Waals surface area contributed by atoms with Crippen molar-refractivity contribution in [1.82, 2.24) is 14.9 Å². The summed E-state index contributed by atoms with van der Waals surface area (Å²) in [7, 11) is 0. The Bertz CT molecular complexity index is 1530. The van der Waals surface area contributed by atoms with Gasteiger partial charge in [0.1, 0.15) is 10.5 Å². The summed E-state index contributed by atoms with van der Waals surface area (Å²) in [6.07, 6.45) is 3.15. The molecule has 182 valence electrons. The lowest BCUT2D eigenvalue weighted by Gasteiger charge is -2.29. The third-order valence-corrected chi connectivity index (χ3v) is 7.45. The second kappa shape index (κ2) is 10.3. The molecule has 0 bridgehead atoms. The van der Waals surface area contributed by atoms with Crippen molar-refractivity contribution in [1.29, 1.82) is 5.26 Å². The highest BCUT2D eigenvalue weighted by atomic mass is 32.1. The molecule has 2 aromatic heterocycles. The fourth-order valence-electron chi connectivity index (χ4n) is 4.43. The molecule has 0 spiro atoms. The lowest BCUT2D eigenvalue weighted by Crippen LogP contribution is -2.36. The van der Waals surface area contributed by atoms with E-state index in [1.165, 1.54) is 6.07 Å². The predicted octanol–water partition coefficient (Wildman–Crippen LogP) is 4.44.